The van der Waals surface area contributed by atoms with Crippen molar-refractivity contribution in [2.24, 2.45) is 0 Å². The summed E-state index contributed by atoms with van der Waals surface area (Å²) in [6.45, 7) is 0. The van der Waals surface area contributed by atoms with Gasteiger partial charge >= 0.3 is 5.97 Å². The van der Waals surface area contributed by atoms with Crippen molar-refractivity contribution in [3.63, 3.8) is 0 Å². The van der Waals surface area contributed by atoms with Gasteiger partial charge in [0.25, 0.3) is 0 Å². The van der Waals surface area contributed by atoms with E-state index in [0.29, 0.717) is 5.56 Å². The molecule has 18 heavy (non-hydrogen) atoms. The van der Waals surface area contributed by atoms with Gasteiger partial charge in [0.1, 0.15) is 6.42 Å². The summed E-state index contributed by atoms with van der Waals surface area (Å²) in [5, 5.41) is 8.60. The molecule has 0 aliphatic heterocycles. The number of Topliss-reactive ketones (excluding diaryl/α,β-unsaturated/α-hetero) is 1. The Kier molecular flexibility index (Phi) is 3.48. The zero-order valence-electron chi connectivity index (χ0n) is 9.54. The summed E-state index contributed by atoms with van der Waals surface area (Å²) >= 11 is 0. The molecule has 1 N–H and O–H groups in total. The van der Waals surface area contributed by atoms with Gasteiger partial charge in [-0.2, -0.15) is 0 Å². The lowest BCUT2D eigenvalue weighted by atomic mass is 10.0. The molecule has 2 aromatic rings. The summed E-state index contributed by atoms with van der Waals surface area (Å²) < 4.78 is 0. The van der Waals surface area contributed by atoms with E-state index >= 15 is 0 Å². The monoisotopic (exact) mass is 241 g/mol. The molecule has 90 valence electrons. The Labute approximate surface area is 104 Å². The molecule has 0 saturated heterocycles. The second-order valence-electron chi connectivity index (χ2n) is 3.81. The highest BCUT2D eigenvalue weighted by atomic mass is 16.4. The number of carboxylic acids is 1. The van der Waals surface area contributed by atoms with E-state index in [2.05, 4.69) is 4.98 Å². The number of hydrogen-bond donors (Lipinski definition) is 1. The molecule has 1 aromatic carbocycles. The normalized spacial score (nSPS) is 10.0. The molecule has 0 fully saturated rings. The maximum absolute atomic E-state index is 11.6. The molecule has 0 aliphatic rings. The molecule has 0 atom stereocenters. The van der Waals surface area contributed by atoms with Crippen molar-refractivity contribution in [3.05, 3.63) is 54.4 Å². The van der Waals surface area contributed by atoms with Gasteiger partial charge in [-0.3, -0.25) is 14.6 Å². The quantitative estimate of drug-likeness (QED) is 0.659. The van der Waals surface area contributed by atoms with Crippen LogP contribution in [0.3, 0.4) is 0 Å². The average molecular weight is 241 g/mol. The highest BCUT2D eigenvalue weighted by Crippen LogP contribution is 2.20. The van der Waals surface area contributed by atoms with E-state index in [-0.39, 0.29) is 0 Å². The third kappa shape index (κ3) is 2.79. The molecule has 0 radical (unpaired) electrons. The Bertz CT molecular complexity index is 579. The Hall–Kier alpha value is -2.49. The summed E-state index contributed by atoms with van der Waals surface area (Å²) in [7, 11) is 0. The molecular formula is C14H11NO3. The van der Waals surface area contributed by atoms with E-state index in [4.69, 9.17) is 5.11 Å². The third-order valence-corrected chi connectivity index (χ3v) is 2.51. The van der Waals surface area contributed by atoms with Gasteiger partial charge in [0.2, 0.25) is 0 Å². The first-order valence-corrected chi connectivity index (χ1v) is 5.42. The van der Waals surface area contributed by atoms with E-state index in [9.17, 15) is 9.59 Å². The van der Waals surface area contributed by atoms with Gasteiger partial charge in [-0.25, -0.2) is 0 Å². The van der Waals surface area contributed by atoms with Crippen LogP contribution >= 0.6 is 0 Å². The van der Waals surface area contributed by atoms with Crippen LogP contribution in [0.2, 0.25) is 0 Å². The van der Waals surface area contributed by atoms with Crippen LogP contribution in [0, 0.1) is 0 Å². The number of aliphatic carboxylic acids is 1. The summed E-state index contributed by atoms with van der Waals surface area (Å²) in [4.78, 5) is 26.1. The first-order chi connectivity index (χ1) is 8.66. The molecule has 1 heterocycles. The van der Waals surface area contributed by atoms with E-state index in [1.807, 2.05) is 18.2 Å². The second kappa shape index (κ2) is 5.23. The van der Waals surface area contributed by atoms with Gasteiger partial charge in [-0.05, 0) is 29.3 Å². The minimum atomic E-state index is -1.12. The molecule has 0 amide bonds. The number of carbonyl (C=O) groups is 2. The first kappa shape index (κ1) is 12.0. The number of benzene rings is 1. The molecule has 1 aromatic heterocycles. The Morgan fingerprint density at radius 3 is 2.44 bits per heavy atom. The molecule has 0 aliphatic carbocycles. The molecule has 0 saturated carbocycles. The molecule has 0 bridgehead atoms. The lowest BCUT2D eigenvalue weighted by molar-refractivity contribution is -0.135. The third-order valence-electron chi connectivity index (χ3n) is 2.51. The number of carbonyl (C=O) groups excluding carboxylic acids is 1. The highest BCUT2D eigenvalue weighted by Gasteiger charge is 2.11. The van der Waals surface area contributed by atoms with Crippen LogP contribution in [0.1, 0.15) is 16.8 Å². The van der Waals surface area contributed by atoms with Crippen molar-refractivity contribution >= 4 is 11.8 Å². The first-order valence-electron chi connectivity index (χ1n) is 5.42. The number of nitrogens with zero attached hydrogens (tertiary/aromatic N) is 1. The molecule has 4 heteroatoms. The van der Waals surface area contributed by atoms with Gasteiger partial charge in [0.15, 0.2) is 5.78 Å². The Balaban J connectivity index is 2.31. The Morgan fingerprint density at radius 1 is 1.06 bits per heavy atom. The van der Waals surface area contributed by atoms with Crippen LogP contribution in [0.5, 0.6) is 0 Å². The van der Waals surface area contributed by atoms with Crippen LogP contribution < -0.4 is 0 Å². The largest absolute Gasteiger partial charge is 0.481 e. The molecule has 4 nitrogen and oxygen atoms in total. The summed E-state index contributed by atoms with van der Waals surface area (Å²) in [5.74, 6) is -1.51. The molecule has 0 unspecified atom stereocenters. The van der Waals surface area contributed by atoms with Crippen LogP contribution in [0.15, 0.2) is 48.8 Å². The van der Waals surface area contributed by atoms with Crippen molar-refractivity contribution in [1.29, 1.82) is 0 Å². The fraction of sp³-hybridized carbons (Fsp3) is 0.0714. The fourth-order valence-electron chi connectivity index (χ4n) is 1.66. The fourth-order valence-corrected chi connectivity index (χ4v) is 1.66. The lowest BCUT2D eigenvalue weighted by Gasteiger charge is -2.03. The predicted molar refractivity (Wildman–Crippen MR) is 66.3 cm³/mol. The van der Waals surface area contributed by atoms with Gasteiger partial charge in [0.05, 0.1) is 0 Å². The van der Waals surface area contributed by atoms with Crippen LogP contribution in [0.4, 0.5) is 0 Å². The summed E-state index contributed by atoms with van der Waals surface area (Å²) in [6.07, 6.45) is 2.85. The van der Waals surface area contributed by atoms with Crippen molar-refractivity contribution in [2.75, 3.05) is 0 Å². The van der Waals surface area contributed by atoms with Gasteiger partial charge < -0.3 is 5.11 Å². The topological polar surface area (TPSA) is 67.3 Å². The maximum Gasteiger partial charge on any atom is 0.311 e. The van der Waals surface area contributed by atoms with E-state index in [1.54, 1.807) is 30.6 Å². The van der Waals surface area contributed by atoms with E-state index < -0.39 is 18.2 Å². The summed E-state index contributed by atoms with van der Waals surface area (Å²) in [6, 6.07) is 10.6. The minimum Gasteiger partial charge on any atom is -0.481 e. The van der Waals surface area contributed by atoms with Crippen molar-refractivity contribution in [1.82, 2.24) is 4.98 Å². The van der Waals surface area contributed by atoms with Crippen molar-refractivity contribution in [2.45, 2.75) is 6.42 Å². The second-order valence-corrected chi connectivity index (χ2v) is 3.81. The zero-order valence-corrected chi connectivity index (χ0v) is 9.54. The SMILES string of the molecule is O=C(O)CC(=O)c1cccc(-c2ccncc2)c1. The number of pyridine rings is 1. The van der Waals surface area contributed by atoms with Crippen LogP contribution in [-0.2, 0) is 4.79 Å². The summed E-state index contributed by atoms with van der Waals surface area (Å²) in [5.41, 5.74) is 2.22. The van der Waals surface area contributed by atoms with E-state index in [0.717, 1.165) is 11.1 Å². The van der Waals surface area contributed by atoms with Crippen LogP contribution in [0.25, 0.3) is 11.1 Å². The van der Waals surface area contributed by atoms with Gasteiger partial charge in [0, 0.05) is 18.0 Å². The minimum absolute atomic E-state index is 0.390. The number of ketones is 1. The molecule has 0 spiro atoms. The smallest absolute Gasteiger partial charge is 0.311 e. The average Bonchev–Trinajstić information content (AvgIpc) is 2.39. The standard InChI is InChI=1S/C14H11NO3/c16-13(9-14(17)18)12-3-1-2-11(8-12)10-4-6-15-7-5-10/h1-8H,9H2,(H,17,18). The predicted octanol–water partition coefficient (Wildman–Crippen LogP) is 2.41. The van der Waals surface area contributed by atoms with E-state index in [1.165, 1.54) is 0 Å². The van der Waals surface area contributed by atoms with Crippen LogP contribution in [-0.4, -0.2) is 21.8 Å². The number of carboxylic acid groups (broad SMARTS) is 1. The number of aromatic nitrogens is 1. The highest BCUT2D eigenvalue weighted by molar-refractivity contribution is 6.06. The lowest BCUT2D eigenvalue weighted by Crippen LogP contribution is -2.06. The molecular weight excluding hydrogens is 230 g/mol. The van der Waals surface area contributed by atoms with Gasteiger partial charge in [-0.1, -0.05) is 18.2 Å². The van der Waals surface area contributed by atoms with Gasteiger partial charge in [-0.15, -0.1) is 0 Å². The maximum atomic E-state index is 11.6. The van der Waals surface area contributed by atoms with Crippen molar-refractivity contribution < 1.29 is 14.7 Å². The zero-order chi connectivity index (χ0) is 13.0. The molecule has 2 rings (SSSR count). The number of rotatable bonds is 4. The van der Waals surface area contributed by atoms with Crippen molar-refractivity contribution in [3.8, 4) is 11.1 Å². The Morgan fingerprint density at radius 2 is 1.78 bits per heavy atom. The number of hydrogen-bond acceptors (Lipinski definition) is 3.